The Morgan fingerprint density at radius 2 is 1.53 bits per heavy atom. The smallest absolute Gasteiger partial charge is 0.243 e. The van der Waals surface area contributed by atoms with E-state index in [2.05, 4.69) is 42.6 Å². The molecule has 0 heterocycles. The normalized spacial score (nSPS) is 11.6. The van der Waals surface area contributed by atoms with Crippen LogP contribution in [0.15, 0.2) is 78.9 Å². The van der Waals surface area contributed by atoms with E-state index in [1.54, 1.807) is 4.90 Å². The lowest BCUT2D eigenvalue weighted by Crippen LogP contribution is -2.50. The Kier molecular flexibility index (Phi) is 9.45. The Morgan fingerprint density at radius 1 is 0.824 bits per heavy atom. The van der Waals surface area contributed by atoms with Gasteiger partial charge in [0, 0.05) is 25.9 Å². The average molecular weight is 457 g/mol. The van der Waals surface area contributed by atoms with Gasteiger partial charge in [-0.3, -0.25) is 9.59 Å². The fourth-order valence-electron chi connectivity index (χ4n) is 4.08. The van der Waals surface area contributed by atoms with Gasteiger partial charge in [0.1, 0.15) is 6.04 Å². The summed E-state index contributed by atoms with van der Waals surface area (Å²) in [4.78, 5) is 28.7. The predicted octanol–water partition coefficient (Wildman–Crippen LogP) is 5.40. The van der Waals surface area contributed by atoms with E-state index in [-0.39, 0.29) is 11.8 Å². The first-order valence-corrected chi connectivity index (χ1v) is 12.2. The predicted molar refractivity (Wildman–Crippen MR) is 138 cm³/mol. The molecule has 0 bridgehead atoms. The summed E-state index contributed by atoms with van der Waals surface area (Å²) in [6.45, 7) is 7.14. The molecule has 4 heteroatoms. The summed E-state index contributed by atoms with van der Waals surface area (Å²) in [5, 5.41) is 3.03. The number of hydrogen-bond acceptors (Lipinski definition) is 2. The molecule has 2 amide bonds. The second-order valence-corrected chi connectivity index (χ2v) is 8.99. The Balaban J connectivity index is 1.88. The van der Waals surface area contributed by atoms with Crippen molar-refractivity contribution < 1.29 is 9.59 Å². The van der Waals surface area contributed by atoms with Gasteiger partial charge >= 0.3 is 0 Å². The SMILES string of the molecule is CCCNC(=O)[C@@H](Cc1ccccc1)N(Cc1cccc(C)c1)C(=O)CCc1ccc(C)cc1. The van der Waals surface area contributed by atoms with Crippen molar-refractivity contribution in [2.45, 2.75) is 59.0 Å². The molecule has 3 rings (SSSR count). The van der Waals surface area contributed by atoms with Crippen LogP contribution in [0.5, 0.6) is 0 Å². The number of aryl methyl sites for hydroxylation is 3. The quantitative estimate of drug-likeness (QED) is 0.420. The molecule has 34 heavy (non-hydrogen) atoms. The minimum atomic E-state index is -0.569. The lowest BCUT2D eigenvalue weighted by Gasteiger charge is -2.32. The monoisotopic (exact) mass is 456 g/mol. The Labute approximate surface area is 204 Å². The summed E-state index contributed by atoms with van der Waals surface area (Å²) >= 11 is 0. The van der Waals surface area contributed by atoms with Crippen LogP contribution >= 0.6 is 0 Å². The summed E-state index contributed by atoms with van der Waals surface area (Å²) in [7, 11) is 0. The number of nitrogens with one attached hydrogen (secondary N) is 1. The van der Waals surface area contributed by atoms with Crippen molar-refractivity contribution in [1.29, 1.82) is 0 Å². The first kappa shape index (κ1) is 25.2. The van der Waals surface area contributed by atoms with E-state index < -0.39 is 6.04 Å². The third kappa shape index (κ3) is 7.58. The number of hydrogen-bond donors (Lipinski definition) is 1. The van der Waals surface area contributed by atoms with Crippen LogP contribution < -0.4 is 5.32 Å². The molecule has 0 saturated carbocycles. The molecule has 0 aliphatic carbocycles. The largest absolute Gasteiger partial charge is 0.354 e. The van der Waals surface area contributed by atoms with Crippen LogP contribution in [0.25, 0.3) is 0 Å². The number of amides is 2. The van der Waals surface area contributed by atoms with Gasteiger partial charge in [-0.15, -0.1) is 0 Å². The highest BCUT2D eigenvalue weighted by molar-refractivity contribution is 5.88. The zero-order valence-electron chi connectivity index (χ0n) is 20.6. The highest BCUT2D eigenvalue weighted by Gasteiger charge is 2.30. The van der Waals surface area contributed by atoms with Gasteiger partial charge in [-0.05, 0) is 43.4 Å². The van der Waals surface area contributed by atoms with Gasteiger partial charge in [0.25, 0.3) is 0 Å². The molecule has 0 saturated heterocycles. The Bertz CT molecular complexity index is 1060. The van der Waals surface area contributed by atoms with Gasteiger partial charge in [0.05, 0.1) is 0 Å². The molecule has 1 N–H and O–H groups in total. The summed E-state index contributed by atoms with van der Waals surface area (Å²) in [6.07, 6.45) is 2.35. The molecular formula is C30H36N2O2. The third-order valence-electron chi connectivity index (χ3n) is 6.00. The van der Waals surface area contributed by atoms with Gasteiger partial charge in [-0.2, -0.15) is 0 Å². The fraction of sp³-hybridized carbons (Fsp3) is 0.333. The van der Waals surface area contributed by atoms with Crippen molar-refractivity contribution in [3.8, 4) is 0 Å². The van der Waals surface area contributed by atoms with E-state index in [0.717, 1.165) is 28.7 Å². The molecule has 0 spiro atoms. The van der Waals surface area contributed by atoms with E-state index in [9.17, 15) is 9.59 Å². The fourth-order valence-corrected chi connectivity index (χ4v) is 4.08. The molecule has 178 valence electrons. The molecule has 0 unspecified atom stereocenters. The lowest BCUT2D eigenvalue weighted by molar-refractivity contribution is -0.141. The van der Waals surface area contributed by atoms with Crippen LogP contribution in [-0.2, 0) is 29.0 Å². The number of rotatable bonds is 11. The molecule has 3 aromatic carbocycles. The van der Waals surface area contributed by atoms with Gasteiger partial charge in [0.2, 0.25) is 11.8 Å². The molecule has 0 aliphatic heterocycles. The Morgan fingerprint density at radius 3 is 2.21 bits per heavy atom. The van der Waals surface area contributed by atoms with E-state index in [1.807, 2.05) is 62.4 Å². The van der Waals surface area contributed by atoms with Crippen LogP contribution in [0.3, 0.4) is 0 Å². The van der Waals surface area contributed by atoms with Crippen LogP contribution in [-0.4, -0.2) is 29.3 Å². The second-order valence-electron chi connectivity index (χ2n) is 8.99. The van der Waals surface area contributed by atoms with Crippen LogP contribution in [0.4, 0.5) is 0 Å². The zero-order chi connectivity index (χ0) is 24.3. The lowest BCUT2D eigenvalue weighted by atomic mass is 10.0. The number of nitrogens with zero attached hydrogens (tertiary/aromatic N) is 1. The molecular weight excluding hydrogens is 420 g/mol. The van der Waals surface area contributed by atoms with Gasteiger partial charge < -0.3 is 10.2 Å². The van der Waals surface area contributed by atoms with E-state index in [1.165, 1.54) is 5.56 Å². The van der Waals surface area contributed by atoms with Crippen molar-refractivity contribution >= 4 is 11.8 Å². The van der Waals surface area contributed by atoms with Crippen molar-refractivity contribution in [2.24, 2.45) is 0 Å². The number of carbonyl (C=O) groups is 2. The molecule has 0 radical (unpaired) electrons. The molecule has 0 fully saturated rings. The summed E-state index contributed by atoms with van der Waals surface area (Å²) in [5.41, 5.74) is 5.54. The highest BCUT2D eigenvalue weighted by Crippen LogP contribution is 2.18. The molecule has 0 aliphatic rings. The summed E-state index contributed by atoms with van der Waals surface area (Å²) in [5.74, 6) is -0.100. The van der Waals surface area contributed by atoms with E-state index in [4.69, 9.17) is 0 Å². The summed E-state index contributed by atoms with van der Waals surface area (Å²) < 4.78 is 0. The van der Waals surface area contributed by atoms with Crippen LogP contribution in [0.1, 0.15) is 47.6 Å². The molecule has 3 aromatic rings. The molecule has 0 aromatic heterocycles. The van der Waals surface area contributed by atoms with Gasteiger partial charge in [-0.25, -0.2) is 0 Å². The second kappa shape index (κ2) is 12.7. The topological polar surface area (TPSA) is 49.4 Å². The highest BCUT2D eigenvalue weighted by atomic mass is 16.2. The number of benzene rings is 3. The van der Waals surface area contributed by atoms with Crippen molar-refractivity contribution in [3.63, 3.8) is 0 Å². The standard InChI is InChI=1S/C30H36N2O2/c1-4-19-31-30(34)28(21-26-10-6-5-7-11-26)32(22-27-12-8-9-24(3)20-27)29(33)18-17-25-15-13-23(2)14-16-25/h5-16,20,28H,4,17-19,21-22H2,1-3H3,(H,31,34)/t28-/m1/s1. The van der Waals surface area contributed by atoms with E-state index in [0.29, 0.717) is 32.4 Å². The minimum absolute atomic E-state index is 0.00494. The minimum Gasteiger partial charge on any atom is -0.354 e. The average Bonchev–Trinajstić information content (AvgIpc) is 2.85. The maximum Gasteiger partial charge on any atom is 0.243 e. The van der Waals surface area contributed by atoms with Crippen molar-refractivity contribution in [2.75, 3.05) is 6.54 Å². The zero-order valence-corrected chi connectivity index (χ0v) is 20.6. The maximum atomic E-state index is 13.6. The van der Waals surface area contributed by atoms with Crippen LogP contribution in [0.2, 0.25) is 0 Å². The first-order chi connectivity index (χ1) is 16.5. The van der Waals surface area contributed by atoms with Gasteiger partial charge in [0.15, 0.2) is 0 Å². The van der Waals surface area contributed by atoms with E-state index >= 15 is 0 Å². The molecule has 1 atom stereocenters. The van der Waals surface area contributed by atoms with Crippen molar-refractivity contribution in [1.82, 2.24) is 10.2 Å². The third-order valence-corrected chi connectivity index (χ3v) is 6.00. The number of carbonyl (C=O) groups excluding carboxylic acids is 2. The Hall–Kier alpha value is -3.40. The maximum absolute atomic E-state index is 13.6. The molecule has 4 nitrogen and oxygen atoms in total. The van der Waals surface area contributed by atoms with Gasteiger partial charge in [-0.1, -0.05) is 96.9 Å². The van der Waals surface area contributed by atoms with Crippen LogP contribution in [0, 0.1) is 13.8 Å². The first-order valence-electron chi connectivity index (χ1n) is 12.2. The summed E-state index contributed by atoms with van der Waals surface area (Å²) in [6, 6.07) is 25.8. The van der Waals surface area contributed by atoms with Crippen molar-refractivity contribution in [3.05, 3.63) is 107 Å².